The second kappa shape index (κ2) is 11.0. The molecule has 1 fully saturated rings. The molecule has 0 atom stereocenters. The van der Waals surface area contributed by atoms with Crippen LogP contribution in [0.15, 0.2) is 18.2 Å². The van der Waals surface area contributed by atoms with E-state index in [4.69, 9.17) is 0 Å². The van der Waals surface area contributed by atoms with Gasteiger partial charge in [0, 0.05) is 24.7 Å². The lowest BCUT2D eigenvalue weighted by Gasteiger charge is -2.32. The van der Waals surface area contributed by atoms with Crippen molar-refractivity contribution in [3.8, 4) is 0 Å². The highest BCUT2D eigenvalue weighted by atomic mass is 35.5. The Kier molecular flexibility index (Phi) is 9.80. The first-order chi connectivity index (χ1) is 11.3. The van der Waals surface area contributed by atoms with Gasteiger partial charge in [0.15, 0.2) is 0 Å². The van der Waals surface area contributed by atoms with E-state index in [1.54, 1.807) is 0 Å². The fraction of sp³-hybridized carbons (Fsp3) is 0.632. The van der Waals surface area contributed by atoms with E-state index in [1.165, 1.54) is 24.1 Å². The Morgan fingerprint density at radius 2 is 1.84 bits per heavy atom. The Bertz CT molecular complexity index is 545. The second-order valence-electron chi connectivity index (χ2n) is 6.82. The summed E-state index contributed by atoms with van der Waals surface area (Å²) >= 11 is 0. The highest BCUT2D eigenvalue weighted by Gasteiger charge is 2.21. The molecular weight excluding hydrogens is 357 g/mol. The predicted molar refractivity (Wildman–Crippen MR) is 108 cm³/mol. The van der Waals surface area contributed by atoms with E-state index in [0.717, 1.165) is 57.4 Å². The largest absolute Gasteiger partial charge is 0.349 e. The van der Waals surface area contributed by atoms with Crippen molar-refractivity contribution in [3.05, 3.63) is 34.9 Å². The molecule has 2 N–H and O–H groups in total. The summed E-state index contributed by atoms with van der Waals surface area (Å²) in [6.07, 6.45) is 5.43. The Balaban J connectivity index is 0.00000156. The van der Waals surface area contributed by atoms with Crippen LogP contribution in [0, 0.1) is 0 Å². The number of hydrogen-bond acceptors (Lipinski definition) is 3. The Morgan fingerprint density at radius 1 is 1.16 bits per heavy atom. The van der Waals surface area contributed by atoms with Crippen LogP contribution < -0.4 is 10.6 Å². The van der Waals surface area contributed by atoms with Gasteiger partial charge in [0.1, 0.15) is 0 Å². The number of nitrogens with one attached hydrogen (secondary N) is 2. The lowest BCUT2D eigenvalue weighted by Crippen LogP contribution is -2.44. The third-order valence-electron chi connectivity index (χ3n) is 5.07. The van der Waals surface area contributed by atoms with E-state index >= 15 is 0 Å². The molecule has 1 amide bonds. The minimum Gasteiger partial charge on any atom is -0.349 e. The molecule has 0 unspecified atom stereocenters. The van der Waals surface area contributed by atoms with Gasteiger partial charge in [-0.1, -0.05) is 13.0 Å². The molecule has 0 bridgehead atoms. The van der Waals surface area contributed by atoms with Crippen LogP contribution in [0.5, 0.6) is 0 Å². The molecule has 2 aliphatic heterocycles. The van der Waals surface area contributed by atoms with Crippen molar-refractivity contribution < 1.29 is 4.79 Å². The topological polar surface area (TPSA) is 44.4 Å². The van der Waals surface area contributed by atoms with Gasteiger partial charge in [0.25, 0.3) is 5.91 Å². The normalized spacial score (nSPS) is 18.3. The number of fused-ring (bicyclic) bond motifs is 1. The average Bonchev–Trinajstić information content (AvgIpc) is 2.81. The number of benzene rings is 1. The fourth-order valence-corrected chi connectivity index (χ4v) is 3.70. The van der Waals surface area contributed by atoms with Gasteiger partial charge in [-0.05, 0) is 75.0 Å². The van der Waals surface area contributed by atoms with Crippen LogP contribution >= 0.6 is 24.8 Å². The summed E-state index contributed by atoms with van der Waals surface area (Å²) in [5.74, 6) is 0.0962. The van der Waals surface area contributed by atoms with Crippen LogP contribution in [0.1, 0.15) is 47.7 Å². The van der Waals surface area contributed by atoms with Crippen molar-refractivity contribution in [1.29, 1.82) is 0 Å². The summed E-state index contributed by atoms with van der Waals surface area (Å²) in [4.78, 5) is 15.0. The van der Waals surface area contributed by atoms with E-state index in [9.17, 15) is 4.79 Å². The number of rotatable bonds is 4. The third-order valence-corrected chi connectivity index (χ3v) is 5.07. The van der Waals surface area contributed by atoms with Crippen LogP contribution in [0.2, 0.25) is 0 Å². The standard InChI is InChI=1S/C19H29N3O.2ClH/c1-2-11-22-12-7-18(8-13-22)21-19(23)17-4-3-15-5-9-20-10-6-16(15)14-17;;/h3-4,14,18,20H,2,5-13H2,1H3,(H,21,23);2*1H. The third kappa shape index (κ3) is 6.14. The first-order valence-electron chi connectivity index (χ1n) is 9.12. The molecule has 0 spiro atoms. The van der Waals surface area contributed by atoms with E-state index in [0.29, 0.717) is 6.04 Å². The molecule has 3 rings (SSSR count). The fourth-order valence-electron chi connectivity index (χ4n) is 3.70. The van der Waals surface area contributed by atoms with Crippen molar-refractivity contribution >= 4 is 30.7 Å². The SMILES string of the molecule is CCCN1CCC(NC(=O)c2ccc3c(c2)CCNCC3)CC1.Cl.Cl. The molecule has 2 aliphatic rings. The van der Waals surface area contributed by atoms with Gasteiger partial charge < -0.3 is 15.5 Å². The molecule has 0 radical (unpaired) electrons. The van der Waals surface area contributed by atoms with Crippen molar-refractivity contribution in [2.75, 3.05) is 32.7 Å². The van der Waals surface area contributed by atoms with Gasteiger partial charge in [-0.3, -0.25) is 4.79 Å². The maximum Gasteiger partial charge on any atom is 0.251 e. The van der Waals surface area contributed by atoms with E-state index in [2.05, 4.69) is 34.6 Å². The Labute approximate surface area is 163 Å². The van der Waals surface area contributed by atoms with Gasteiger partial charge in [-0.2, -0.15) is 0 Å². The zero-order valence-corrected chi connectivity index (χ0v) is 16.7. The lowest BCUT2D eigenvalue weighted by atomic mass is 9.99. The van der Waals surface area contributed by atoms with E-state index in [-0.39, 0.29) is 30.7 Å². The van der Waals surface area contributed by atoms with Crippen LogP contribution in [0.3, 0.4) is 0 Å². The van der Waals surface area contributed by atoms with Crippen LogP contribution in [0.25, 0.3) is 0 Å². The molecule has 0 saturated carbocycles. The highest BCUT2D eigenvalue weighted by molar-refractivity contribution is 5.94. The highest BCUT2D eigenvalue weighted by Crippen LogP contribution is 2.17. The van der Waals surface area contributed by atoms with Crippen molar-refractivity contribution in [2.24, 2.45) is 0 Å². The summed E-state index contributed by atoms with van der Waals surface area (Å²) in [5.41, 5.74) is 3.54. The average molecular weight is 388 g/mol. The van der Waals surface area contributed by atoms with Crippen LogP contribution in [-0.4, -0.2) is 49.6 Å². The minimum atomic E-state index is 0. The van der Waals surface area contributed by atoms with Crippen molar-refractivity contribution in [2.45, 2.75) is 45.1 Å². The summed E-state index contributed by atoms with van der Waals surface area (Å²) < 4.78 is 0. The van der Waals surface area contributed by atoms with Gasteiger partial charge >= 0.3 is 0 Å². The number of amides is 1. The molecule has 25 heavy (non-hydrogen) atoms. The van der Waals surface area contributed by atoms with Crippen molar-refractivity contribution in [3.63, 3.8) is 0 Å². The zero-order valence-electron chi connectivity index (χ0n) is 15.1. The summed E-state index contributed by atoms with van der Waals surface area (Å²) in [5, 5.41) is 6.66. The molecule has 0 aliphatic carbocycles. The quantitative estimate of drug-likeness (QED) is 0.834. The van der Waals surface area contributed by atoms with Gasteiger partial charge in [0.05, 0.1) is 0 Å². The molecule has 1 aromatic rings. The van der Waals surface area contributed by atoms with Crippen LogP contribution in [0.4, 0.5) is 0 Å². The molecule has 1 saturated heterocycles. The molecule has 1 aromatic carbocycles. The maximum atomic E-state index is 12.6. The van der Waals surface area contributed by atoms with Crippen molar-refractivity contribution in [1.82, 2.24) is 15.5 Å². The number of piperidine rings is 1. The van der Waals surface area contributed by atoms with Crippen LogP contribution in [-0.2, 0) is 12.8 Å². The molecule has 2 heterocycles. The van der Waals surface area contributed by atoms with Gasteiger partial charge in [-0.25, -0.2) is 0 Å². The minimum absolute atomic E-state index is 0. The number of nitrogens with zero attached hydrogens (tertiary/aromatic N) is 1. The molecular formula is C19H31Cl2N3O. The van der Waals surface area contributed by atoms with Gasteiger partial charge in [-0.15, -0.1) is 24.8 Å². The summed E-state index contributed by atoms with van der Waals surface area (Å²) in [6, 6.07) is 6.56. The van der Waals surface area contributed by atoms with E-state index < -0.39 is 0 Å². The number of hydrogen-bond donors (Lipinski definition) is 2. The number of carbonyl (C=O) groups is 1. The Hall–Kier alpha value is -0.810. The smallest absolute Gasteiger partial charge is 0.251 e. The maximum absolute atomic E-state index is 12.6. The predicted octanol–water partition coefficient (Wildman–Crippen LogP) is 2.82. The molecule has 4 nitrogen and oxygen atoms in total. The summed E-state index contributed by atoms with van der Waals surface area (Å²) in [7, 11) is 0. The number of halogens is 2. The van der Waals surface area contributed by atoms with E-state index in [1.807, 2.05) is 6.07 Å². The first kappa shape index (κ1) is 22.2. The number of carbonyl (C=O) groups excluding carboxylic acids is 1. The summed E-state index contributed by atoms with van der Waals surface area (Å²) in [6.45, 7) is 7.66. The van der Waals surface area contributed by atoms with Gasteiger partial charge in [0.2, 0.25) is 0 Å². The molecule has 142 valence electrons. The first-order valence-corrected chi connectivity index (χ1v) is 9.12. The number of likely N-dealkylation sites (tertiary alicyclic amines) is 1. The lowest BCUT2D eigenvalue weighted by molar-refractivity contribution is 0.0911. The monoisotopic (exact) mass is 387 g/mol. The molecule has 0 aromatic heterocycles. The second-order valence-corrected chi connectivity index (χ2v) is 6.82. The molecule has 6 heteroatoms. The Morgan fingerprint density at radius 3 is 2.52 bits per heavy atom. The zero-order chi connectivity index (χ0) is 16.1.